The van der Waals surface area contributed by atoms with Crippen molar-refractivity contribution in [2.45, 2.75) is 4.90 Å². The third kappa shape index (κ3) is 5.20. The van der Waals surface area contributed by atoms with Gasteiger partial charge in [-0.2, -0.15) is 4.31 Å². The third-order valence-corrected chi connectivity index (χ3v) is 6.68. The maximum Gasteiger partial charge on any atom is 0.293 e. The Morgan fingerprint density at radius 1 is 1.10 bits per heavy atom. The van der Waals surface area contributed by atoms with E-state index >= 15 is 0 Å². The summed E-state index contributed by atoms with van der Waals surface area (Å²) < 4.78 is 27.1. The second-order valence-electron chi connectivity index (χ2n) is 6.84. The van der Waals surface area contributed by atoms with Crippen LogP contribution < -0.4 is 5.32 Å². The summed E-state index contributed by atoms with van der Waals surface area (Å²) in [6, 6.07) is 13.7. The SMILES string of the molecule is CN1CCN(S(=O)(=O)c2ccc(NC/C=C/c3ccccc3)c([N+](=O)[O-])c2)CC1. The van der Waals surface area contributed by atoms with Gasteiger partial charge in [-0.05, 0) is 24.7 Å². The van der Waals surface area contributed by atoms with Gasteiger partial charge in [-0.15, -0.1) is 0 Å². The number of likely N-dealkylation sites (N-methyl/N-ethyl adjacent to an activating group) is 1. The summed E-state index contributed by atoms with van der Waals surface area (Å²) in [5, 5.41) is 14.5. The topological polar surface area (TPSA) is 95.8 Å². The Hall–Kier alpha value is -2.75. The summed E-state index contributed by atoms with van der Waals surface area (Å²) >= 11 is 0. The molecule has 0 aliphatic carbocycles. The molecular formula is C20H24N4O4S. The van der Waals surface area contributed by atoms with Gasteiger partial charge in [0.05, 0.1) is 9.82 Å². The second kappa shape index (κ2) is 9.17. The van der Waals surface area contributed by atoms with E-state index in [-0.39, 0.29) is 16.3 Å². The van der Waals surface area contributed by atoms with Gasteiger partial charge < -0.3 is 10.2 Å². The number of nitrogens with one attached hydrogen (secondary N) is 1. The molecule has 2 aromatic rings. The van der Waals surface area contributed by atoms with Gasteiger partial charge in [0.15, 0.2) is 0 Å². The van der Waals surface area contributed by atoms with Crippen LogP contribution in [-0.2, 0) is 10.0 Å². The van der Waals surface area contributed by atoms with Crippen LogP contribution in [0.1, 0.15) is 5.56 Å². The monoisotopic (exact) mass is 416 g/mol. The fourth-order valence-corrected chi connectivity index (χ4v) is 4.52. The Morgan fingerprint density at radius 2 is 1.79 bits per heavy atom. The van der Waals surface area contributed by atoms with Crippen LogP contribution in [-0.4, -0.2) is 62.3 Å². The molecule has 0 saturated carbocycles. The first-order chi connectivity index (χ1) is 13.9. The van der Waals surface area contributed by atoms with Crippen LogP contribution in [0.5, 0.6) is 0 Å². The van der Waals surface area contributed by atoms with Crippen molar-refractivity contribution >= 4 is 27.5 Å². The maximum atomic E-state index is 12.9. The smallest absolute Gasteiger partial charge is 0.293 e. The molecule has 0 aromatic heterocycles. The molecule has 8 nitrogen and oxygen atoms in total. The number of rotatable bonds is 7. The average molecular weight is 417 g/mol. The lowest BCUT2D eigenvalue weighted by Crippen LogP contribution is -2.47. The summed E-state index contributed by atoms with van der Waals surface area (Å²) in [6.45, 7) is 2.39. The van der Waals surface area contributed by atoms with Crippen molar-refractivity contribution in [3.05, 3.63) is 70.3 Å². The van der Waals surface area contributed by atoms with Crippen molar-refractivity contribution in [3.8, 4) is 0 Å². The highest BCUT2D eigenvalue weighted by molar-refractivity contribution is 7.89. The van der Waals surface area contributed by atoms with E-state index in [1.807, 2.05) is 54.4 Å². The zero-order valence-electron chi connectivity index (χ0n) is 16.2. The van der Waals surface area contributed by atoms with Crippen molar-refractivity contribution < 1.29 is 13.3 Å². The summed E-state index contributed by atoms with van der Waals surface area (Å²) in [5.41, 5.74) is 1.05. The van der Waals surface area contributed by atoms with Crippen LogP contribution in [0.2, 0.25) is 0 Å². The fraction of sp³-hybridized carbons (Fsp3) is 0.300. The quantitative estimate of drug-likeness (QED) is 0.551. The number of benzene rings is 2. The van der Waals surface area contributed by atoms with Crippen molar-refractivity contribution in [2.75, 3.05) is 45.1 Å². The average Bonchev–Trinajstić information content (AvgIpc) is 2.72. The van der Waals surface area contributed by atoms with Crippen molar-refractivity contribution in [3.63, 3.8) is 0 Å². The summed E-state index contributed by atoms with van der Waals surface area (Å²) in [6.07, 6.45) is 3.76. The number of nitro groups is 1. The van der Waals surface area contributed by atoms with Gasteiger partial charge in [-0.1, -0.05) is 42.5 Å². The number of hydrogen-bond acceptors (Lipinski definition) is 6. The molecule has 1 heterocycles. The van der Waals surface area contributed by atoms with Crippen LogP contribution in [0.3, 0.4) is 0 Å². The molecule has 0 radical (unpaired) electrons. The number of anilines is 1. The Morgan fingerprint density at radius 3 is 2.45 bits per heavy atom. The normalized spacial score (nSPS) is 16.2. The van der Waals surface area contributed by atoms with Crippen molar-refractivity contribution in [1.29, 1.82) is 0 Å². The Bertz CT molecular complexity index is 985. The zero-order chi connectivity index (χ0) is 20.9. The Balaban J connectivity index is 1.75. The van der Waals surface area contributed by atoms with E-state index in [9.17, 15) is 18.5 Å². The van der Waals surface area contributed by atoms with Gasteiger partial charge in [0.2, 0.25) is 10.0 Å². The van der Waals surface area contributed by atoms with Gasteiger partial charge >= 0.3 is 0 Å². The van der Waals surface area contributed by atoms with Crippen molar-refractivity contribution in [2.24, 2.45) is 0 Å². The minimum Gasteiger partial charge on any atom is -0.376 e. The minimum absolute atomic E-state index is 0.0564. The highest BCUT2D eigenvalue weighted by Gasteiger charge is 2.29. The first-order valence-electron chi connectivity index (χ1n) is 9.30. The highest BCUT2D eigenvalue weighted by Crippen LogP contribution is 2.29. The number of nitrogens with zero attached hydrogens (tertiary/aromatic N) is 3. The summed E-state index contributed by atoms with van der Waals surface area (Å²) in [4.78, 5) is 12.9. The molecule has 2 aromatic carbocycles. The lowest BCUT2D eigenvalue weighted by molar-refractivity contribution is -0.384. The van der Waals surface area contributed by atoms with Crippen LogP contribution in [0.4, 0.5) is 11.4 Å². The van der Waals surface area contributed by atoms with E-state index < -0.39 is 14.9 Å². The predicted octanol–water partition coefficient (Wildman–Crippen LogP) is 2.66. The molecular weight excluding hydrogens is 392 g/mol. The van der Waals surface area contributed by atoms with Crippen molar-refractivity contribution in [1.82, 2.24) is 9.21 Å². The van der Waals surface area contributed by atoms with Gasteiger partial charge in [-0.3, -0.25) is 10.1 Å². The molecule has 0 bridgehead atoms. The highest BCUT2D eigenvalue weighted by atomic mass is 32.2. The molecule has 0 atom stereocenters. The maximum absolute atomic E-state index is 12.9. The van der Waals surface area contributed by atoms with E-state index in [2.05, 4.69) is 5.32 Å². The molecule has 0 spiro atoms. The van der Waals surface area contributed by atoms with E-state index in [4.69, 9.17) is 0 Å². The number of nitro benzene ring substituents is 1. The predicted molar refractivity (Wildman–Crippen MR) is 113 cm³/mol. The van der Waals surface area contributed by atoms with Crippen LogP contribution >= 0.6 is 0 Å². The number of piperazine rings is 1. The lowest BCUT2D eigenvalue weighted by Gasteiger charge is -2.31. The summed E-state index contributed by atoms with van der Waals surface area (Å²) in [5.74, 6) is 0. The Kier molecular flexibility index (Phi) is 6.63. The molecule has 0 unspecified atom stereocenters. The second-order valence-corrected chi connectivity index (χ2v) is 8.78. The Labute approximate surface area is 170 Å². The van der Waals surface area contributed by atoms with E-state index in [1.54, 1.807) is 0 Å². The molecule has 1 aliphatic rings. The van der Waals surface area contributed by atoms with E-state index in [0.29, 0.717) is 32.7 Å². The van der Waals surface area contributed by atoms with Gasteiger partial charge in [-0.25, -0.2) is 8.42 Å². The fourth-order valence-electron chi connectivity index (χ4n) is 3.08. The molecule has 3 rings (SSSR count). The van der Waals surface area contributed by atoms with Crippen LogP contribution in [0.25, 0.3) is 6.08 Å². The number of sulfonamides is 1. The molecule has 9 heteroatoms. The minimum atomic E-state index is -3.76. The number of hydrogen-bond donors (Lipinski definition) is 1. The molecule has 1 N–H and O–H groups in total. The lowest BCUT2D eigenvalue weighted by atomic mass is 10.2. The summed E-state index contributed by atoms with van der Waals surface area (Å²) in [7, 11) is -1.83. The largest absolute Gasteiger partial charge is 0.376 e. The molecule has 1 saturated heterocycles. The zero-order valence-corrected chi connectivity index (χ0v) is 17.0. The molecule has 29 heavy (non-hydrogen) atoms. The van der Waals surface area contributed by atoms with Crippen LogP contribution in [0, 0.1) is 10.1 Å². The molecule has 0 amide bonds. The first-order valence-corrected chi connectivity index (χ1v) is 10.7. The van der Waals surface area contributed by atoms with Gasteiger partial charge in [0.25, 0.3) is 5.69 Å². The molecule has 1 fully saturated rings. The van der Waals surface area contributed by atoms with Gasteiger partial charge in [0, 0.05) is 38.8 Å². The molecule has 1 aliphatic heterocycles. The molecule has 154 valence electrons. The van der Waals surface area contributed by atoms with Gasteiger partial charge in [0.1, 0.15) is 5.69 Å². The van der Waals surface area contributed by atoms with Crippen LogP contribution in [0.15, 0.2) is 59.5 Å². The van der Waals surface area contributed by atoms with E-state index in [1.165, 1.54) is 16.4 Å². The third-order valence-electron chi connectivity index (χ3n) is 4.79. The first kappa shape index (κ1) is 21.0. The van der Waals surface area contributed by atoms with E-state index in [0.717, 1.165) is 11.6 Å². The standard InChI is InChI=1S/C20H24N4O4S/c1-22-12-14-23(15-13-22)29(27,28)18-9-10-19(20(16-18)24(25)26)21-11-5-8-17-6-3-2-4-7-17/h2-10,16,21H,11-15H2,1H3/b8-5+.